The van der Waals surface area contributed by atoms with Crippen molar-refractivity contribution in [2.45, 2.75) is 38.6 Å². The molecular formula is C17H30ClN3O4S. The third-order valence-corrected chi connectivity index (χ3v) is 5.76. The Morgan fingerprint density at radius 1 is 1.35 bits per heavy atom. The monoisotopic (exact) mass is 407 g/mol. The summed E-state index contributed by atoms with van der Waals surface area (Å²) in [5.74, 6) is 0.414. The number of carbonyl (C=O) groups is 1. The zero-order valence-electron chi connectivity index (χ0n) is 16.0. The van der Waals surface area contributed by atoms with Gasteiger partial charge in [0.1, 0.15) is 5.75 Å². The second-order valence-electron chi connectivity index (χ2n) is 6.73. The smallest absolute Gasteiger partial charge is 0.242 e. The number of nitrogens with two attached hydrogens (primary N) is 1. The van der Waals surface area contributed by atoms with Crippen LogP contribution in [0.25, 0.3) is 0 Å². The Kier molecular flexibility index (Phi) is 9.58. The molecule has 0 saturated heterocycles. The largest absolute Gasteiger partial charge is 0.496 e. The summed E-state index contributed by atoms with van der Waals surface area (Å²) in [5, 5.41) is 2.73. The number of ether oxygens (including phenoxy) is 1. The van der Waals surface area contributed by atoms with Gasteiger partial charge in [-0.05, 0) is 30.2 Å². The molecule has 0 aliphatic heterocycles. The van der Waals surface area contributed by atoms with E-state index in [9.17, 15) is 13.2 Å². The van der Waals surface area contributed by atoms with Crippen LogP contribution >= 0.6 is 12.4 Å². The van der Waals surface area contributed by atoms with Gasteiger partial charge in [0.15, 0.2) is 0 Å². The molecule has 0 radical (unpaired) electrons. The van der Waals surface area contributed by atoms with Crippen molar-refractivity contribution >= 4 is 28.3 Å². The Balaban J connectivity index is 0.00000625. The van der Waals surface area contributed by atoms with Crippen LogP contribution in [0.1, 0.15) is 32.8 Å². The first-order chi connectivity index (χ1) is 11.6. The lowest BCUT2D eigenvalue weighted by molar-refractivity contribution is -0.120. The van der Waals surface area contributed by atoms with Crippen LogP contribution in [0.15, 0.2) is 23.1 Å². The van der Waals surface area contributed by atoms with E-state index in [1.165, 1.54) is 30.6 Å². The number of amides is 1. The zero-order valence-corrected chi connectivity index (χ0v) is 17.7. The highest BCUT2D eigenvalue weighted by Crippen LogP contribution is 2.26. The molecule has 26 heavy (non-hydrogen) atoms. The second kappa shape index (κ2) is 10.1. The van der Waals surface area contributed by atoms with Crippen LogP contribution in [0, 0.1) is 5.41 Å². The van der Waals surface area contributed by atoms with Crippen molar-refractivity contribution in [3.8, 4) is 5.75 Å². The van der Waals surface area contributed by atoms with E-state index in [1.807, 2.05) is 13.8 Å². The van der Waals surface area contributed by atoms with E-state index < -0.39 is 10.0 Å². The highest BCUT2D eigenvalue weighted by atomic mass is 35.5. The van der Waals surface area contributed by atoms with Gasteiger partial charge < -0.3 is 15.8 Å². The van der Waals surface area contributed by atoms with Crippen LogP contribution in [-0.2, 0) is 21.4 Å². The maximum Gasteiger partial charge on any atom is 0.242 e. The first-order valence-electron chi connectivity index (χ1n) is 8.17. The summed E-state index contributed by atoms with van der Waals surface area (Å²) in [4.78, 5) is 11.6. The molecule has 0 aliphatic carbocycles. The molecule has 1 aromatic rings. The molecule has 3 N–H and O–H groups in total. The summed E-state index contributed by atoms with van der Waals surface area (Å²) >= 11 is 0. The third-order valence-electron chi connectivity index (χ3n) is 3.96. The molecule has 0 aromatic heterocycles. The normalized spacial score (nSPS) is 11.8. The number of hydrogen-bond acceptors (Lipinski definition) is 5. The predicted molar refractivity (Wildman–Crippen MR) is 105 cm³/mol. The van der Waals surface area contributed by atoms with Crippen molar-refractivity contribution in [3.05, 3.63) is 23.8 Å². The highest BCUT2D eigenvalue weighted by Gasteiger charge is 2.27. The maximum absolute atomic E-state index is 12.8. The fourth-order valence-corrected chi connectivity index (χ4v) is 3.72. The Bertz CT molecular complexity index is 708. The van der Waals surface area contributed by atoms with E-state index in [4.69, 9.17) is 10.5 Å². The van der Waals surface area contributed by atoms with Gasteiger partial charge in [-0.1, -0.05) is 20.8 Å². The minimum atomic E-state index is -3.66. The summed E-state index contributed by atoms with van der Waals surface area (Å²) in [6, 6.07) is 4.64. The number of nitrogens with zero attached hydrogens (tertiary/aromatic N) is 1. The third kappa shape index (κ3) is 6.42. The van der Waals surface area contributed by atoms with Crippen molar-refractivity contribution in [3.63, 3.8) is 0 Å². The van der Waals surface area contributed by atoms with Crippen LogP contribution in [0.4, 0.5) is 0 Å². The zero-order chi connectivity index (χ0) is 19.3. The molecule has 150 valence electrons. The molecular weight excluding hydrogens is 378 g/mol. The van der Waals surface area contributed by atoms with E-state index in [0.717, 1.165) is 0 Å². The summed E-state index contributed by atoms with van der Waals surface area (Å²) < 4.78 is 32.2. The number of rotatable bonds is 9. The van der Waals surface area contributed by atoms with Gasteiger partial charge in [0.25, 0.3) is 0 Å². The van der Waals surface area contributed by atoms with Gasteiger partial charge in [0, 0.05) is 32.1 Å². The topological polar surface area (TPSA) is 102 Å². The number of methoxy groups -OCH3 is 1. The van der Waals surface area contributed by atoms with Crippen LogP contribution in [0.2, 0.25) is 0 Å². The van der Waals surface area contributed by atoms with Gasteiger partial charge in [0.2, 0.25) is 15.9 Å². The van der Waals surface area contributed by atoms with E-state index in [0.29, 0.717) is 30.8 Å². The van der Waals surface area contributed by atoms with Crippen LogP contribution in [-0.4, -0.2) is 45.9 Å². The van der Waals surface area contributed by atoms with Crippen molar-refractivity contribution < 1.29 is 17.9 Å². The molecule has 0 bridgehead atoms. The predicted octanol–water partition coefficient (Wildman–Crippen LogP) is 1.75. The Labute approximate surface area is 162 Å². The summed E-state index contributed by atoms with van der Waals surface area (Å²) in [6.45, 7) is 6.47. The highest BCUT2D eigenvalue weighted by molar-refractivity contribution is 7.89. The van der Waals surface area contributed by atoms with Gasteiger partial charge in [-0.15, -0.1) is 12.4 Å². The first-order valence-corrected chi connectivity index (χ1v) is 9.61. The standard InChI is InChI=1S/C17H29N3O4S.ClH/c1-6-16(21)19-10-13-9-14(7-8-15(13)24-5)25(22,23)20(4)12-17(2,3)11-18;/h7-9H,6,10-12,18H2,1-5H3,(H,19,21);1H. The van der Waals surface area contributed by atoms with E-state index in [-0.39, 0.29) is 35.2 Å². The Morgan fingerprint density at radius 2 is 1.96 bits per heavy atom. The molecule has 0 aliphatic rings. The number of nitrogens with one attached hydrogen (secondary N) is 1. The van der Waals surface area contributed by atoms with Crippen LogP contribution in [0.3, 0.4) is 0 Å². The molecule has 0 saturated carbocycles. The molecule has 0 heterocycles. The lowest BCUT2D eigenvalue weighted by Crippen LogP contribution is -2.39. The van der Waals surface area contributed by atoms with Gasteiger partial charge in [-0.25, -0.2) is 12.7 Å². The molecule has 9 heteroatoms. The summed E-state index contributed by atoms with van der Waals surface area (Å²) in [7, 11) is -0.623. The lowest BCUT2D eigenvalue weighted by atomic mass is 9.94. The van der Waals surface area contributed by atoms with Crippen molar-refractivity contribution in [1.29, 1.82) is 0 Å². The number of hydrogen-bond donors (Lipinski definition) is 2. The maximum atomic E-state index is 12.8. The minimum Gasteiger partial charge on any atom is -0.496 e. The molecule has 0 atom stereocenters. The number of halogens is 1. The average molecular weight is 408 g/mol. The fourth-order valence-electron chi connectivity index (χ4n) is 2.30. The van der Waals surface area contributed by atoms with E-state index in [1.54, 1.807) is 13.0 Å². The number of sulfonamides is 1. The van der Waals surface area contributed by atoms with Crippen LogP contribution < -0.4 is 15.8 Å². The summed E-state index contributed by atoms with van der Waals surface area (Å²) in [5.41, 5.74) is 5.98. The molecule has 0 spiro atoms. The van der Waals surface area contributed by atoms with Crippen molar-refractivity contribution in [2.24, 2.45) is 11.1 Å². The fraction of sp³-hybridized carbons (Fsp3) is 0.588. The minimum absolute atomic E-state index is 0. The van der Waals surface area contributed by atoms with Crippen LogP contribution in [0.5, 0.6) is 5.75 Å². The average Bonchev–Trinajstić information content (AvgIpc) is 2.58. The van der Waals surface area contributed by atoms with Gasteiger partial charge in [-0.3, -0.25) is 4.79 Å². The van der Waals surface area contributed by atoms with Gasteiger partial charge in [-0.2, -0.15) is 0 Å². The van der Waals surface area contributed by atoms with Gasteiger partial charge >= 0.3 is 0 Å². The van der Waals surface area contributed by atoms with E-state index >= 15 is 0 Å². The quantitative estimate of drug-likeness (QED) is 0.649. The van der Waals surface area contributed by atoms with E-state index in [2.05, 4.69) is 5.32 Å². The molecule has 1 rings (SSSR count). The molecule has 0 unspecified atom stereocenters. The summed E-state index contributed by atoms with van der Waals surface area (Å²) in [6.07, 6.45) is 0.358. The molecule has 1 aromatic carbocycles. The number of benzene rings is 1. The number of carbonyl (C=O) groups excluding carboxylic acids is 1. The SMILES string of the molecule is CCC(=O)NCc1cc(S(=O)(=O)N(C)CC(C)(C)CN)ccc1OC.Cl. The molecule has 1 amide bonds. The van der Waals surface area contributed by atoms with Crippen molar-refractivity contribution in [1.82, 2.24) is 9.62 Å². The second-order valence-corrected chi connectivity index (χ2v) is 8.78. The first kappa shape index (κ1) is 24.7. The van der Waals surface area contributed by atoms with Crippen molar-refractivity contribution in [2.75, 3.05) is 27.2 Å². The van der Waals surface area contributed by atoms with Gasteiger partial charge in [0.05, 0.1) is 12.0 Å². The lowest BCUT2D eigenvalue weighted by Gasteiger charge is -2.28. The Morgan fingerprint density at radius 3 is 2.46 bits per heavy atom. The molecule has 7 nitrogen and oxygen atoms in total. The molecule has 0 fully saturated rings. The Hall–Kier alpha value is -1.35.